The van der Waals surface area contributed by atoms with Gasteiger partial charge < -0.3 is 4.90 Å². The van der Waals surface area contributed by atoms with Gasteiger partial charge in [0.05, 0.1) is 15.1 Å². The van der Waals surface area contributed by atoms with Gasteiger partial charge in [-0.1, -0.05) is 37.3 Å². The van der Waals surface area contributed by atoms with E-state index in [1.165, 1.54) is 23.5 Å². The maximum atomic E-state index is 13.4. The van der Waals surface area contributed by atoms with Crippen LogP contribution in [-0.4, -0.2) is 56.6 Å². The number of rotatable bonds is 8. The second-order valence-corrected chi connectivity index (χ2v) is 10.3. The Hall–Kier alpha value is -2.00. The predicted molar refractivity (Wildman–Crippen MR) is 131 cm³/mol. The number of halogens is 1. The standard InChI is InChI=1S/C22H27N3O3S2.ClH/c1-5-24(6-2)12-13-25(22-23-19-11-10-16(3)14-20(19)29-22)21(26)17-8-7-9-18(15-17)30(4,27)28;/h7-11,14-15H,5-6,12-13H2,1-4H3;1H. The van der Waals surface area contributed by atoms with Gasteiger partial charge in [0.1, 0.15) is 0 Å². The van der Waals surface area contributed by atoms with E-state index >= 15 is 0 Å². The molecule has 3 rings (SSSR count). The Morgan fingerprint density at radius 1 is 1.06 bits per heavy atom. The number of likely N-dealkylation sites (N-methyl/N-ethyl adjacent to an activating group) is 1. The van der Waals surface area contributed by atoms with Gasteiger partial charge in [-0.15, -0.1) is 12.4 Å². The van der Waals surface area contributed by atoms with Crippen LogP contribution in [0.5, 0.6) is 0 Å². The predicted octanol–water partition coefficient (Wildman–Crippen LogP) is 4.42. The normalized spacial score (nSPS) is 11.5. The summed E-state index contributed by atoms with van der Waals surface area (Å²) in [5, 5.41) is 0.623. The molecule has 0 aliphatic carbocycles. The lowest BCUT2D eigenvalue weighted by atomic mass is 10.2. The molecule has 0 aliphatic heterocycles. The second-order valence-electron chi connectivity index (χ2n) is 7.25. The van der Waals surface area contributed by atoms with Gasteiger partial charge in [0, 0.05) is 24.9 Å². The number of anilines is 1. The largest absolute Gasteiger partial charge is 0.302 e. The van der Waals surface area contributed by atoms with Crippen LogP contribution in [0.2, 0.25) is 0 Å². The van der Waals surface area contributed by atoms with Crippen molar-refractivity contribution < 1.29 is 13.2 Å². The highest BCUT2D eigenvalue weighted by atomic mass is 35.5. The maximum Gasteiger partial charge on any atom is 0.260 e. The topological polar surface area (TPSA) is 70.6 Å². The first-order valence-electron chi connectivity index (χ1n) is 9.94. The Balaban J connectivity index is 0.00000341. The molecule has 0 spiro atoms. The van der Waals surface area contributed by atoms with Crippen LogP contribution < -0.4 is 4.90 Å². The molecule has 0 N–H and O–H groups in total. The Bertz CT molecular complexity index is 1160. The number of hydrogen-bond acceptors (Lipinski definition) is 6. The lowest BCUT2D eigenvalue weighted by molar-refractivity contribution is 0.0983. The first kappa shape index (κ1) is 25.3. The monoisotopic (exact) mass is 481 g/mol. The molecule has 0 aliphatic rings. The van der Waals surface area contributed by atoms with Gasteiger partial charge >= 0.3 is 0 Å². The van der Waals surface area contributed by atoms with Crippen molar-refractivity contribution in [1.29, 1.82) is 0 Å². The zero-order valence-corrected chi connectivity index (χ0v) is 20.6. The smallest absolute Gasteiger partial charge is 0.260 e. The number of benzene rings is 2. The van der Waals surface area contributed by atoms with Crippen LogP contribution in [0.4, 0.5) is 5.13 Å². The molecule has 6 nitrogen and oxygen atoms in total. The van der Waals surface area contributed by atoms with Crippen LogP contribution >= 0.6 is 23.7 Å². The molecule has 9 heteroatoms. The van der Waals surface area contributed by atoms with Gasteiger partial charge in [-0.05, 0) is 55.9 Å². The van der Waals surface area contributed by atoms with Gasteiger partial charge in [0.15, 0.2) is 15.0 Å². The molecule has 1 aromatic heterocycles. The van der Waals surface area contributed by atoms with Gasteiger partial charge in [0.2, 0.25) is 0 Å². The Morgan fingerprint density at radius 2 is 1.77 bits per heavy atom. The van der Waals surface area contributed by atoms with Crippen LogP contribution in [0.15, 0.2) is 47.4 Å². The SMILES string of the molecule is CCN(CC)CCN(C(=O)c1cccc(S(C)(=O)=O)c1)c1nc2ccc(C)cc2s1.Cl. The summed E-state index contributed by atoms with van der Waals surface area (Å²) in [7, 11) is -3.40. The van der Waals surface area contributed by atoms with E-state index in [-0.39, 0.29) is 23.2 Å². The van der Waals surface area contributed by atoms with Crippen LogP contribution in [0.1, 0.15) is 29.8 Å². The third kappa shape index (κ3) is 6.04. The molecule has 0 radical (unpaired) electrons. The summed E-state index contributed by atoms with van der Waals surface area (Å²) in [6, 6.07) is 12.2. The van der Waals surface area contributed by atoms with E-state index in [0.29, 0.717) is 23.8 Å². The Labute approximate surface area is 194 Å². The Kier molecular flexibility index (Phi) is 8.59. The molecule has 0 unspecified atom stereocenters. The van der Waals surface area contributed by atoms with Gasteiger partial charge in [0.25, 0.3) is 5.91 Å². The van der Waals surface area contributed by atoms with Crippen LogP contribution in [0.3, 0.4) is 0 Å². The van der Waals surface area contributed by atoms with Crippen molar-refractivity contribution >= 4 is 54.8 Å². The number of hydrogen-bond donors (Lipinski definition) is 0. The molecular formula is C22H28ClN3O3S2. The van der Waals surface area contributed by atoms with Crippen molar-refractivity contribution in [3.05, 3.63) is 53.6 Å². The van der Waals surface area contributed by atoms with Gasteiger partial charge in [-0.25, -0.2) is 13.4 Å². The van der Waals surface area contributed by atoms with Crippen molar-refractivity contribution in [3.8, 4) is 0 Å². The van der Waals surface area contributed by atoms with Crippen molar-refractivity contribution in [3.63, 3.8) is 0 Å². The van der Waals surface area contributed by atoms with Crippen LogP contribution in [0, 0.1) is 6.92 Å². The molecule has 0 bridgehead atoms. The number of carbonyl (C=O) groups excluding carboxylic acids is 1. The fourth-order valence-corrected chi connectivity index (χ4v) is 4.97. The van der Waals surface area contributed by atoms with E-state index in [0.717, 1.165) is 35.1 Å². The van der Waals surface area contributed by atoms with E-state index in [2.05, 4.69) is 29.8 Å². The highest BCUT2D eigenvalue weighted by Crippen LogP contribution is 2.30. The number of aromatic nitrogens is 1. The van der Waals surface area contributed by atoms with E-state index in [1.54, 1.807) is 17.0 Å². The third-order valence-electron chi connectivity index (χ3n) is 5.05. The number of amides is 1. The summed E-state index contributed by atoms with van der Waals surface area (Å²) in [6.45, 7) is 9.17. The Morgan fingerprint density at radius 3 is 2.42 bits per heavy atom. The van der Waals surface area contributed by atoms with E-state index < -0.39 is 9.84 Å². The van der Waals surface area contributed by atoms with Gasteiger partial charge in [-0.2, -0.15) is 0 Å². The number of fused-ring (bicyclic) bond motifs is 1. The van der Waals surface area contributed by atoms with E-state index in [1.807, 2.05) is 19.1 Å². The van der Waals surface area contributed by atoms with Crippen molar-refractivity contribution in [2.45, 2.75) is 25.7 Å². The van der Waals surface area contributed by atoms with Crippen LogP contribution in [0.25, 0.3) is 10.2 Å². The number of carbonyl (C=O) groups is 1. The van der Waals surface area contributed by atoms with E-state index in [9.17, 15) is 13.2 Å². The summed E-state index contributed by atoms with van der Waals surface area (Å²) in [5.74, 6) is -0.247. The molecule has 1 amide bonds. The number of nitrogens with zero attached hydrogens (tertiary/aromatic N) is 3. The zero-order valence-electron chi connectivity index (χ0n) is 18.2. The lowest BCUT2D eigenvalue weighted by Crippen LogP contribution is -2.38. The van der Waals surface area contributed by atoms with E-state index in [4.69, 9.17) is 0 Å². The molecule has 0 atom stereocenters. The summed E-state index contributed by atoms with van der Waals surface area (Å²) in [4.78, 5) is 22.2. The second kappa shape index (κ2) is 10.5. The fraction of sp³-hybridized carbons (Fsp3) is 0.364. The molecule has 0 saturated heterocycles. The molecule has 0 saturated carbocycles. The summed E-state index contributed by atoms with van der Waals surface area (Å²) in [5.41, 5.74) is 2.33. The number of aryl methyl sites for hydroxylation is 1. The quantitative estimate of drug-likeness (QED) is 0.476. The average Bonchev–Trinajstić information content (AvgIpc) is 3.13. The van der Waals surface area contributed by atoms with Crippen molar-refractivity contribution in [2.24, 2.45) is 0 Å². The third-order valence-corrected chi connectivity index (χ3v) is 7.20. The number of thiazole rings is 1. The highest BCUT2D eigenvalue weighted by molar-refractivity contribution is 7.90. The molecule has 2 aromatic carbocycles. The summed E-state index contributed by atoms with van der Waals surface area (Å²) in [6.07, 6.45) is 1.14. The van der Waals surface area contributed by atoms with Crippen LogP contribution in [-0.2, 0) is 9.84 Å². The molecule has 1 heterocycles. The minimum absolute atomic E-state index is 0. The minimum Gasteiger partial charge on any atom is -0.302 e. The molecule has 0 fully saturated rings. The minimum atomic E-state index is -3.40. The summed E-state index contributed by atoms with van der Waals surface area (Å²) >= 11 is 1.48. The molecule has 31 heavy (non-hydrogen) atoms. The fourth-order valence-electron chi connectivity index (χ4n) is 3.22. The molecular weight excluding hydrogens is 454 g/mol. The van der Waals surface area contributed by atoms with Crippen molar-refractivity contribution in [1.82, 2.24) is 9.88 Å². The average molecular weight is 482 g/mol. The number of sulfone groups is 1. The molecule has 3 aromatic rings. The maximum absolute atomic E-state index is 13.4. The first-order valence-corrected chi connectivity index (χ1v) is 12.6. The molecule has 168 valence electrons. The zero-order chi connectivity index (χ0) is 21.9. The van der Waals surface area contributed by atoms with Gasteiger partial charge in [-0.3, -0.25) is 9.69 Å². The van der Waals surface area contributed by atoms with Crippen molar-refractivity contribution in [2.75, 3.05) is 37.3 Å². The first-order chi connectivity index (χ1) is 14.2. The highest BCUT2D eigenvalue weighted by Gasteiger charge is 2.23. The summed E-state index contributed by atoms with van der Waals surface area (Å²) < 4.78 is 24.9. The lowest BCUT2D eigenvalue weighted by Gasteiger charge is -2.24.